The Kier molecular flexibility index (Phi) is 6.61. The maximum absolute atomic E-state index is 11.5. The van der Waals surface area contributed by atoms with Crippen molar-refractivity contribution in [1.82, 2.24) is 10.6 Å². The van der Waals surface area contributed by atoms with Crippen LogP contribution >= 0.6 is 12.2 Å². The molecule has 22 heavy (non-hydrogen) atoms. The van der Waals surface area contributed by atoms with Gasteiger partial charge in [0, 0.05) is 18.8 Å². The predicted molar refractivity (Wildman–Crippen MR) is 94.4 cm³/mol. The van der Waals surface area contributed by atoms with Crippen molar-refractivity contribution in [3.63, 3.8) is 0 Å². The van der Waals surface area contributed by atoms with Crippen LogP contribution in [0.3, 0.4) is 0 Å². The van der Waals surface area contributed by atoms with Gasteiger partial charge in [-0.3, -0.25) is 0 Å². The summed E-state index contributed by atoms with van der Waals surface area (Å²) >= 11 is 5.24. The zero-order valence-electron chi connectivity index (χ0n) is 13.9. The number of hydrogen-bond acceptors (Lipinski definition) is 3. The molecule has 0 spiro atoms. The van der Waals surface area contributed by atoms with E-state index < -0.39 is 11.7 Å². The largest absolute Gasteiger partial charge is 0.444 e. The van der Waals surface area contributed by atoms with Gasteiger partial charge < -0.3 is 20.7 Å². The Morgan fingerprint density at radius 1 is 1.18 bits per heavy atom. The summed E-state index contributed by atoms with van der Waals surface area (Å²) < 4.78 is 5.14. The Morgan fingerprint density at radius 3 is 2.45 bits per heavy atom. The third-order valence-corrected chi connectivity index (χ3v) is 2.97. The molecule has 0 aliphatic rings. The van der Waals surface area contributed by atoms with E-state index in [4.69, 9.17) is 17.0 Å². The molecule has 0 fully saturated rings. The minimum absolute atomic E-state index is 0.428. The highest BCUT2D eigenvalue weighted by Gasteiger charge is 2.15. The lowest BCUT2D eigenvalue weighted by Gasteiger charge is -2.20. The topological polar surface area (TPSA) is 62.4 Å². The number of carbonyl (C=O) groups is 1. The van der Waals surface area contributed by atoms with E-state index in [1.807, 2.05) is 46.8 Å². The molecule has 0 atom stereocenters. The summed E-state index contributed by atoms with van der Waals surface area (Å²) in [4.78, 5) is 11.5. The first kappa shape index (κ1) is 18.2. The molecule has 0 radical (unpaired) electrons. The van der Waals surface area contributed by atoms with Crippen LogP contribution in [0, 0.1) is 13.8 Å². The van der Waals surface area contributed by atoms with E-state index in [0.717, 1.165) is 11.3 Å². The molecule has 6 heteroatoms. The summed E-state index contributed by atoms with van der Waals surface area (Å²) in [6.45, 7) is 10.5. The number of amides is 1. The molecule has 122 valence electrons. The number of nitrogens with one attached hydrogen (secondary N) is 3. The number of benzene rings is 1. The number of carbonyl (C=O) groups excluding carboxylic acids is 1. The van der Waals surface area contributed by atoms with Gasteiger partial charge in [0.05, 0.1) is 0 Å². The highest BCUT2D eigenvalue weighted by molar-refractivity contribution is 7.80. The maximum Gasteiger partial charge on any atom is 0.407 e. The van der Waals surface area contributed by atoms with Crippen LogP contribution in [0.5, 0.6) is 0 Å². The van der Waals surface area contributed by atoms with Crippen molar-refractivity contribution in [3.8, 4) is 0 Å². The fourth-order valence-electron chi connectivity index (χ4n) is 1.69. The number of aryl methyl sites for hydroxylation is 2. The number of rotatable bonds is 4. The molecule has 1 aromatic carbocycles. The van der Waals surface area contributed by atoms with Crippen LogP contribution in [0.2, 0.25) is 0 Å². The summed E-state index contributed by atoms with van der Waals surface area (Å²) in [6, 6.07) is 6.15. The molecule has 0 aliphatic carbocycles. The molecular weight excluding hydrogens is 298 g/mol. The van der Waals surface area contributed by atoms with Crippen LogP contribution in [0.15, 0.2) is 18.2 Å². The van der Waals surface area contributed by atoms with Crippen molar-refractivity contribution in [1.29, 1.82) is 0 Å². The van der Waals surface area contributed by atoms with Crippen LogP contribution in [-0.2, 0) is 4.74 Å². The second-order valence-corrected chi connectivity index (χ2v) is 6.54. The van der Waals surface area contributed by atoms with Crippen molar-refractivity contribution in [3.05, 3.63) is 29.3 Å². The molecular formula is C16H25N3O2S. The Morgan fingerprint density at radius 2 is 1.82 bits per heavy atom. The lowest BCUT2D eigenvalue weighted by atomic mass is 10.1. The van der Waals surface area contributed by atoms with E-state index in [2.05, 4.69) is 22.0 Å². The van der Waals surface area contributed by atoms with Crippen LogP contribution < -0.4 is 16.0 Å². The van der Waals surface area contributed by atoms with Crippen LogP contribution in [0.4, 0.5) is 10.5 Å². The molecule has 0 unspecified atom stereocenters. The van der Waals surface area contributed by atoms with Crippen LogP contribution in [0.25, 0.3) is 0 Å². The number of ether oxygens (including phenoxy) is 1. The van der Waals surface area contributed by atoms with Gasteiger partial charge in [-0.1, -0.05) is 12.1 Å². The van der Waals surface area contributed by atoms with Crippen molar-refractivity contribution >= 4 is 29.1 Å². The van der Waals surface area contributed by atoms with Gasteiger partial charge in [0.15, 0.2) is 5.11 Å². The first-order valence-electron chi connectivity index (χ1n) is 7.26. The zero-order valence-corrected chi connectivity index (χ0v) is 14.7. The molecule has 0 heterocycles. The highest BCUT2D eigenvalue weighted by Crippen LogP contribution is 2.15. The van der Waals surface area contributed by atoms with Gasteiger partial charge in [0.1, 0.15) is 5.60 Å². The standard InChI is InChI=1S/C16H25N3O2S/c1-11-6-7-12(2)13(10-11)19-14(22)17-8-9-18-15(20)21-16(3,4)5/h6-7,10H,8-9H2,1-5H3,(H,18,20)(H2,17,19,22). The van der Waals surface area contributed by atoms with E-state index in [9.17, 15) is 4.79 Å². The Balaban J connectivity index is 2.29. The fourth-order valence-corrected chi connectivity index (χ4v) is 1.90. The van der Waals surface area contributed by atoms with Crippen molar-refractivity contribution in [2.75, 3.05) is 18.4 Å². The summed E-state index contributed by atoms with van der Waals surface area (Å²) in [5, 5.41) is 9.40. The second-order valence-electron chi connectivity index (χ2n) is 6.13. The SMILES string of the molecule is Cc1ccc(C)c(NC(=S)NCCNC(=O)OC(C)(C)C)c1. The smallest absolute Gasteiger partial charge is 0.407 e. The average Bonchev–Trinajstić information content (AvgIpc) is 2.37. The normalized spacial score (nSPS) is 10.8. The average molecular weight is 323 g/mol. The molecule has 0 saturated carbocycles. The zero-order chi connectivity index (χ0) is 16.8. The van der Waals surface area contributed by atoms with Crippen LogP contribution in [0.1, 0.15) is 31.9 Å². The number of anilines is 1. The predicted octanol–water partition coefficient (Wildman–Crippen LogP) is 3.11. The van der Waals surface area contributed by atoms with Crippen molar-refractivity contribution in [2.45, 2.75) is 40.2 Å². The van der Waals surface area contributed by atoms with Crippen molar-refractivity contribution < 1.29 is 9.53 Å². The van der Waals surface area contributed by atoms with Gasteiger partial charge in [0.2, 0.25) is 0 Å². The maximum atomic E-state index is 11.5. The summed E-state index contributed by atoms with van der Waals surface area (Å²) in [7, 11) is 0. The molecule has 3 N–H and O–H groups in total. The number of alkyl carbamates (subject to hydrolysis) is 1. The highest BCUT2D eigenvalue weighted by atomic mass is 32.1. The van der Waals surface area contributed by atoms with E-state index in [0.29, 0.717) is 18.2 Å². The molecule has 1 aromatic rings. The molecule has 5 nitrogen and oxygen atoms in total. The van der Waals surface area contributed by atoms with Crippen LogP contribution in [-0.4, -0.2) is 29.9 Å². The summed E-state index contributed by atoms with van der Waals surface area (Å²) in [6.07, 6.45) is -0.428. The van der Waals surface area contributed by atoms with Gasteiger partial charge in [0.25, 0.3) is 0 Å². The molecule has 0 aromatic heterocycles. The monoisotopic (exact) mass is 323 g/mol. The van der Waals surface area contributed by atoms with Gasteiger partial charge in [-0.15, -0.1) is 0 Å². The molecule has 0 aliphatic heterocycles. The number of thiocarbonyl (C=S) groups is 1. The lowest BCUT2D eigenvalue weighted by molar-refractivity contribution is 0.0529. The van der Waals surface area contributed by atoms with E-state index in [1.54, 1.807) is 0 Å². The third kappa shape index (κ3) is 7.26. The molecule has 1 amide bonds. The number of hydrogen-bond donors (Lipinski definition) is 3. The minimum atomic E-state index is -0.489. The fraction of sp³-hybridized carbons (Fsp3) is 0.500. The quantitative estimate of drug-likeness (QED) is 0.587. The van der Waals surface area contributed by atoms with Gasteiger partial charge in [-0.05, 0) is 64.0 Å². The second kappa shape index (κ2) is 7.98. The minimum Gasteiger partial charge on any atom is -0.444 e. The molecule has 0 bridgehead atoms. The van der Waals surface area contributed by atoms with Crippen molar-refractivity contribution in [2.24, 2.45) is 0 Å². The van der Waals surface area contributed by atoms with E-state index in [-0.39, 0.29) is 0 Å². The van der Waals surface area contributed by atoms with Gasteiger partial charge in [-0.25, -0.2) is 4.79 Å². The Hall–Kier alpha value is -1.82. The lowest BCUT2D eigenvalue weighted by Crippen LogP contribution is -2.39. The molecule has 0 saturated heterocycles. The van der Waals surface area contributed by atoms with E-state index >= 15 is 0 Å². The van der Waals surface area contributed by atoms with Gasteiger partial charge >= 0.3 is 6.09 Å². The first-order chi connectivity index (χ1) is 10.2. The van der Waals surface area contributed by atoms with E-state index in [1.165, 1.54) is 5.56 Å². The third-order valence-electron chi connectivity index (χ3n) is 2.72. The summed E-state index contributed by atoms with van der Waals surface area (Å²) in [5.74, 6) is 0. The first-order valence-corrected chi connectivity index (χ1v) is 7.67. The van der Waals surface area contributed by atoms with Gasteiger partial charge in [-0.2, -0.15) is 0 Å². The Bertz CT molecular complexity index is 539. The Labute approximate surface area is 137 Å². The molecule has 1 rings (SSSR count). The summed E-state index contributed by atoms with van der Waals surface area (Å²) in [5.41, 5.74) is 2.79.